The van der Waals surface area contributed by atoms with Crippen LogP contribution < -0.4 is 15.4 Å². The van der Waals surface area contributed by atoms with E-state index in [1.807, 2.05) is 54.6 Å². The molecule has 0 saturated heterocycles. The number of methoxy groups -OCH3 is 2. The molecule has 0 radical (unpaired) electrons. The molecule has 29 heavy (non-hydrogen) atoms. The van der Waals surface area contributed by atoms with Crippen molar-refractivity contribution in [1.82, 2.24) is 5.32 Å². The molecule has 2 amide bonds. The maximum atomic E-state index is 12.4. The summed E-state index contributed by atoms with van der Waals surface area (Å²) in [5, 5.41) is 7.65. The molecular weight excluding hydrogens is 368 g/mol. The molecule has 0 unspecified atom stereocenters. The van der Waals surface area contributed by atoms with E-state index in [9.17, 15) is 4.79 Å². The first-order valence-electron chi connectivity index (χ1n) is 9.29. The van der Waals surface area contributed by atoms with Crippen LogP contribution in [0.1, 0.15) is 11.1 Å². The number of amides is 2. The van der Waals surface area contributed by atoms with E-state index in [1.54, 1.807) is 20.3 Å². The lowest BCUT2D eigenvalue weighted by atomic mass is 10.1. The van der Waals surface area contributed by atoms with E-state index in [2.05, 4.69) is 10.6 Å². The number of rotatable bonds is 6. The molecule has 0 aliphatic rings. The lowest BCUT2D eigenvalue weighted by Gasteiger charge is -2.11. The van der Waals surface area contributed by atoms with Crippen molar-refractivity contribution in [3.63, 3.8) is 0 Å². The monoisotopic (exact) mass is 390 g/mol. The van der Waals surface area contributed by atoms with Crippen LogP contribution in [0.15, 0.2) is 65.1 Å². The van der Waals surface area contributed by atoms with Crippen LogP contribution >= 0.6 is 0 Å². The molecule has 0 atom stereocenters. The number of benzene rings is 3. The summed E-state index contributed by atoms with van der Waals surface area (Å²) in [6, 6.07) is 19.1. The molecule has 148 valence electrons. The van der Waals surface area contributed by atoms with Gasteiger partial charge in [-0.2, -0.15) is 0 Å². The molecule has 0 bridgehead atoms. The van der Waals surface area contributed by atoms with Gasteiger partial charge in [0.1, 0.15) is 16.9 Å². The highest BCUT2D eigenvalue weighted by Crippen LogP contribution is 2.36. The maximum Gasteiger partial charge on any atom is 0.319 e. The Morgan fingerprint density at radius 2 is 1.69 bits per heavy atom. The van der Waals surface area contributed by atoms with Crippen molar-refractivity contribution in [2.24, 2.45) is 0 Å². The summed E-state index contributed by atoms with van der Waals surface area (Å²) in [6.07, 6.45) is 0. The molecule has 0 spiro atoms. The smallest absolute Gasteiger partial charge is 0.319 e. The van der Waals surface area contributed by atoms with Gasteiger partial charge in [0, 0.05) is 30.5 Å². The highest BCUT2D eigenvalue weighted by Gasteiger charge is 2.14. The summed E-state index contributed by atoms with van der Waals surface area (Å²) < 4.78 is 16.5. The van der Waals surface area contributed by atoms with Crippen molar-refractivity contribution in [3.8, 4) is 5.75 Å². The second kappa shape index (κ2) is 8.24. The Morgan fingerprint density at radius 3 is 2.45 bits per heavy atom. The number of hydrogen-bond donors (Lipinski definition) is 2. The van der Waals surface area contributed by atoms with Crippen LogP contribution in [0.3, 0.4) is 0 Å². The van der Waals surface area contributed by atoms with E-state index in [0.29, 0.717) is 30.2 Å². The molecule has 0 saturated carbocycles. The molecule has 0 fully saturated rings. The summed E-state index contributed by atoms with van der Waals surface area (Å²) in [7, 11) is 3.24. The minimum absolute atomic E-state index is 0.320. The third kappa shape index (κ3) is 4.02. The number of ether oxygens (including phenoxy) is 2. The van der Waals surface area contributed by atoms with Crippen molar-refractivity contribution in [3.05, 3.63) is 71.8 Å². The zero-order valence-corrected chi connectivity index (χ0v) is 16.3. The van der Waals surface area contributed by atoms with E-state index in [1.165, 1.54) is 0 Å². The molecular formula is C23H22N2O4. The van der Waals surface area contributed by atoms with Gasteiger partial charge in [-0.15, -0.1) is 0 Å². The Hall–Kier alpha value is -3.51. The highest BCUT2D eigenvalue weighted by molar-refractivity contribution is 6.07. The van der Waals surface area contributed by atoms with Gasteiger partial charge in [0.25, 0.3) is 0 Å². The molecule has 6 heteroatoms. The van der Waals surface area contributed by atoms with Gasteiger partial charge in [-0.25, -0.2) is 4.79 Å². The lowest BCUT2D eigenvalue weighted by Crippen LogP contribution is -2.28. The molecule has 1 heterocycles. The molecule has 0 aliphatic carbocycles. The van der Waals surface area contributed by atoms with Crippen molar-refractivity contribution in [1.29, 1.82) is 0 Å². The maximum absolute atomic E-state index is 12.4. The molecule has 0 aliphatic heterocycles. The van der Waals surface area contributed by atoms with Crippen LogP contribution in [0.5, 0.6) is 5.75 Å². The first-order chi connectivity index (χ1) is 14.2. The number of carbonyl (C=O) groups is 1. The number of furan rings is 1. The first-order valence-corrected chi connectivity index (χ1v) is 9.29. The quantitative estimate of drug-likeness (QED) is 0.482. The standard InChI is InChI=1S/C23H22N2O4/c1-27-14-16-9-7-15(8-10-16)13-24-23(26)25-19-12-21-18(11-22(19)28-2)17-5-3-4-6-20(17)29-21/h3-12H,13-14H2,1-2H3,(H2,24,25,26). The normalized spacial score (nSPS) is 11.0. The Kier molecular flexibility index (Phi) is 5.35. The minimum Gasteiger partial charge on any atom is -0.495 e. The van der Waals surface area contributed by atoms with Crippen LogP contribution in [0.4, 0.5) is 10.5 Å². The van der Waals surface area contributed by atoms with Crippen molar-refractivity contribution >= 4 is 33.7 Å². The number of anilines is 1. The van der Waals surface area contributed by atoms with Crippen LogP contribution in [0.25, 0.3) is 21.9 Å². The summed E-state index contributed by atoms with van der Waals surface area (Å²) in [6.45, 7) is 0.979. The van der Waals surface area contributed by atoms with Crippen molar-refractivity contribution in [2.75, 3.05) is 19.5 Å². The minimum atomic E-state index is -0.320. The molecule has 4 aromatic rings. The lowest BCUT2D eigenvalue weighted by molar-refractivity contribution is 0.185. The van der Waals surface area contributed by atoms with Crippen LogP contribution in [-0.4, -0.2) is 20.3 Å². The van der Waals surface area contributed by atoms with Gasteiger partial charge >= 0.3 is 6.03 Å². The van der Waals surface area contributed by atoms with Gasteiger partial charge < -0.3 is 24.5 Å². The van der Waals surface area contributed by atoms with Gasteiger partial charge in [-0.3, -0.25) is 0 Å². The van der Waals surface area contributed by atoms with Gasteiger partial charge in [-0.1, -0.05) is 42.5 Å². The Labute approximate surface area is 168 Å². The Balaban J connectivity index is 1.49. The van der Waals surface area contributed by atoms with Gasteiger partial charge in [0.05, 0.1) is 19.4 Å². The average Bonchev–Trinajstić information content (AvgIpc) is 3.10. The number of hydrogen-bond acceptors (Lipinski definition) is 4. The van der Waals surface area contributed by atoms with Gasteiger partial charge in [0.15, 0.2) is 0 Å². The SMILES string of the molecule is COCc1ccc(CNC(=O)Nc2cc3oc4ccccc4c3cc2OC)cc1. The largest absolute Gasteiger partial charge is 0.495 e. The first kappa shape index (κ1) is 18.8. The fourth-order valence-corrected chi connectivity index (χ4v) is 3.29. The summed E-state index contributed by atoms with van der Waals surface area (Å²) >= 11 is 0. The van der Waals surface area contributed by atoms with Crippen LogP contribution in [0.2, 0.25) is 0 Å². The fourth-order valence-electron chi connectivity index (χ4n) is 3.29. The second-order valence-electron chi connectivity index (χ2n) is 6.70. The van der Waals surface area contributed by atoms with E-state index in [4.69, 9.17) is 13.9 Å². The van der Waals surface area contributed by atoms with Gasteiger partial charge in [0.2, 0.25) is 0 Å². The fraction of sp³-hybridized carbons (Fsp3) is 0.174. The average molecular weight is 390 g/mol. The summed E-state index contributed by atoms with van der Waals surface area (Å²) in [5.41, 5.74) is 4.12. The number of carbonyl (C=O) groups excluding carboxylic acids is 1. The molecule has 6 nitrogen and oxygen atoms in total. The van der Waals surface area contributed by atoms with Crippen molar-refractivity contribution < 1.29 is 18.7 Å². The van der Waals surface area contributed by atoms with Crippen molar-refractivity contribution in [2.45, 2.75) is 13.2 Å². The molecule has 1 aromatic heterocycles. The van der Waals surface area contributed by atoms with E-state index in [-0.39, 0.29) is 6.03 Å². The van der Waals surface area contributed by atoms with E-state index < -0.39 is 0 Å². The zero-order chi connectivity index (χ0) is 20.2. The number of urea groups is 1. The second-order valence-corrected chi connectivity index (χ2v) is 6.70. The zero-order valence-electron chi connectivity index (χ0n) is 16.3. The summed E-state index contributed by atoms with van der Waals surface area (Å²) in [5.74, 6) is 0.572. The molecule has 4 rings (SSSR count). The number of nitrogens with one attached hydrogen (secondary N) is 2. The summed E-state index contributed by atoms with van der Waals surface area (Å²) in [4.78, 5) is 12.4. The van der Waals surface area contributed by atoms with Crippen LogP contribution in [0, 0.1) is 0 Å². The topological polar surface area (TPSA) is 72.7 Å². The van der Waals surface area contributed by atoms with E-state index in [0.717, 1.165) is 27.5 Å². The molecule has 3 aromatic carbocycles. The molecule has 2 N–H and O–H groups in total. The van der Waals surface area contributed by atoms with E-state index >= 15 is 0 Å². The number of para-hydroxylation sites is 1. The predicted molar refractivity (Wildman–Crippen MR) is 113 cm³/mol. The highest BCUT2D eigenvalue weighted by atomic mass is 16.5. The van der Waals surface area contributed by atoms with Gasteiger partial charge in [-0.05, 0) is 23.3 Å². The third-order valence-corrected chi connectivity index (χ3v) is 4.73. The Bertz CT molecular complexity index is 1150. The predicted octanol–water partition coefficient (Wildman–Crippen LogP) is 5.06. The number of fused-ring (bicyclic) bond motifs is 3. The third-order valence-electron chi connectivity index (χ3n) is 4.73. The van der Waals surface area contributed by atoms with Crippen LogP contribution in [-0.2, 0) is 17.9 Å². The Morgan fingerprint density at radius 1 is 0.931 bits per heavy atom.